The van der Waals surface area contributed by atoms with Crippen LogP contribution < -0.4 is 11.5 Å². The third-order valence-electron chi connectivity index (χ3n) is 1.16. The Balaban J connectivity index is 3.70. The van der Waals surface area contributed by atoms with Crippen LogP contribution in [-0.2, 0) is 9.47 Å². The van der Waals surface area contributed by atoms with Crippen LogP contribution in [0.3, 0.4) is 0 Å². The van der Waals surface area contributed by atoms with Gasteiger partial charge < -0.3 is 25.4 Å². The van der Waals surface area contributed by atoms with Crippen LogP contribution in [-0.4, -0.2) is 49.1 Å². The second-order valence-electron chi connectivity index (χ2n) is 2.16. The van der Waals surface area contributed by atoms with Crippen molar-refractivity contribution in [3.05, 3.63) is 0 Å². The van der Waals surface area contributed by atoms with Crippen molar-refractivity contribution < 1.29 is 19.7 Å². The fourth-order valence-corrected chi connectivity index (χ4v) is 0.596. The zero-order valence-electron chi connectivity index (χ0n) is 6.90. The Labute approximate surface area is 71.1 Å². The molecule has 0 aliphatic heterocycles. The summed E-state index contributed by atoms with van der Waals surface area (Å²) in [5.74, 6) is -1.40. The van der Waals surface area contributed by atoms with E-state index in [0.717, 1.165) is 0 Å². The second-order valence-corrected chi connectivity index (χ2v) is 2.16. The summed E-state index contributed by atoms with van der Waals surface area (Å²) in [6.07, 6.45) is 0. The molecule has 74 valence electrons. The summed E-state index contributed by atoms with van der Waals surface area (Å²) >= 11 is 0. The molecule has 0 unspecified atom stereocenters. The first-order valence-electron chi connectivity index (χ1n) is 3.67. The molecule has 0 fully saturated rings. The van der Waals surface area contributed by atoms with Crippen molar-refractivity contribution in [2.24, 2.45) is 11.5 Å². The smallest absolute Gasteiger partial charge is 0.237 e. The van der Waals surface area contributed by atoms with Crippen molar-refractivity contribution >= 4 is 0 Å². The molecule has 0 aromatic heterocycles. The standard InChI is InChI=1S/C6H16N2O4/c7-5-6(8,11-3-1-9)12-4-2-10/h9-10H,1-5,7-8H2. The van der Waals surface area contributed by atoms with Crippen molar-refractivity contribution in [2.75, 3.05) is 33.0 Å². The van der Waals surface area contributed by atoms with Gasteiger partial charge in [0.25, 0.3) is 0 Å². The van der Waals surface area contributed by atoms with Gasteiger partial charge in [-0.3, -0.25) is 5.73 Å². The molecule has 0 aliphatic carbocycles. The average Bonchev–Trinajstić information content (AvgIpc) is 2.11. The van der Waals surface area contributed by atoms with E-state index in [4.69, 9.17) is 31.2 Å². The van der Waals surface area contributed by atoms with Crippen molar-refractivity contribution in [1.82, 2.24) is 0 Å². The molecule has 0 atom stereocenters. The lowest BCUT2D eigenvalue weighted by Crippen LogP contribution is -2.52. The lowest BCUT2D eigenvalue weighted by atomic mass is 10.5. The van der Waals surface area contributed by atoms with Gasteiger partial charge in [-0.1, -0.05) is 0 Å². The molecule has 0 heterocycles. The van der Waals surface area contributed by atoms with Gasteiger partial charge in [-0.15, -0.1) is 0 Å². The summed E-state index contributed by atoms with van der Waals surface area (Å²) in [7, 11) is 0. The molecular formula is C6H16N2O4. The van der Waals surface area contributed by atoms with Crippen LogP contribution in [0.1, 0.15) is 0 Å². The first kappa shape index (κ1) is 11.8. The maximum Gasteiger partial charge on any atom is 0.237 e. The van der Waals surface area contributed by atoms with Gasteiger partial charge in [-0.25, -0.2) is 0 Å². The van der Waals surface area contributed by atoms with Crippen molar-refractivity contribution in [1.29, 1.82) is 0 Å². The minimum atomic E-state index is -1.40. The predicted molar refractivity (Wildman–Crippen MR) is 42.0 cm³/mol. The first-order chi connectivity index (χ1) is 5.68. The molecule has 0 amide bonds. The number of hydrogen-bond acceptors (Lipinski definition) is 6. The Kier molecular flexibility index (Phi) is 6.17. The fraction of sp³-hybridized carbons (Fsp3) is 1.00. The molecule has 6 heteroatoms. The van der Waals surface area contributed by atoms with E-state index in [-0.39, 0.29) is 33.0 Å². The molecule has 0 aromatic rings. The summed E-state index contributed by atoms with van der Waals surface area (Å²) in [5.41, 5.74) is 10.7. The Bertz CT molecular complexity index is 104. The number of hydrogen-bond donors (Lipinski definition) is 4. The van der Waals surface area contributed by atoms with E-state index in [1.165, 1.54) is 0 Å². The lowest BCUT2D eigenvalue weighted by molar-refractivity contribution is -0.233. The van der Waals surface area contributed by atoms with Gasteiger partial charge >= 0.3 is 0 Å². The quantitative estimate of drug-likeness (QED) is 0.324. The van der Waals surface area contributed by atoms with E-state index in [1.54, 1.807) is 0 Å². The number of rotatable bonds is 7. The zero-order chi connectivity index (χ0) is 9.45. The van der Waals surface area contributed by atoms with Crippen LogP contribution >= 0.6 is 0 Å². The molecule has 6 N–H and O–H groups in total. The Morgan fingerprint density at radius 2 is 1.50 bits per heavy atom. The van der Waals surface area contributed by atoms with Crippen LogP contribution in [0.15, 0.2) is 0 Å². The van der Waals surface area contributed by atoms with E-state index in [2.05, 4.69) is 0 Å². The normalized spacial score (nSPS) is 12.0. The average molecular weight is 180 g/mol. The highest BCUT2D eigenvalue weighted by atomic mass is 16.7. The molecule has 0 bridgehead atoms. The third kappa shape index (κ3) is 4.60. The summed E-state index contributed by atoms with van der Waals surface area (Å²) in [4.78, 5) is 0. The highest BCUT2D eigenvalue weighted by Crippen LogP contribution is 2.02. The first-order valence-corrected chi connectivity index (χ1v) is 3.67. The van der Waals surface area contributed by atoms with Crippen LogP contribution in [0.5, 0.6) is 0 Å². The van der Waals surface area contributed by atoms with Gasteiger partial charge in [-0.2, -0.15) is 0 Å². The van der Waals surface area contributed by atoms with Crippen LogP contribution in [0, 0.1) is 0 Å². The van der Waals surface area contributed by atoms with Gasteiger partial charge in [0.2, 0.25) is 5.91 Å². The summed E-state index contributed by atoms with van der Waals surface area (Å²) in [6, 6.07) is 0. The molecular weight excluding hydrogens is 164 g/mol. The van der Waals surface area contributed by atoms with E-state index >= 15 is 0 Å². The molecule has 0 saturated heterocycles. The number of aliphatic hydroxyl groups excluding tert-OH is 2. The molecule has 0 saturated carbocycles. The maximum atomic E-state index is 8.42. The van der Waals surface area contributed by atoms with E-state index in [1.807, 2.05) is 0 Å². The Hall–Kier alpha value is -0.240. The van der Waals surface area contributed by atoms with Crippen molar-refractivity contribution in [3.63, 3.8) is 0 Å². The fourth-order valence-electron chi connectivity index (χ4n) is 0.596. The van der Waals surface area contributed by atoms with Gasteiger partial charge in [-0.05, 0) is 0 Å². The van der Waals surface area contributed by atoms with Gasteiger partial charge in [0.05, 0.1) is 33.0 Å². The predicted octanol–water partition coefficient (Wildman–Crippen LogP) is -2.42. The van der Waals surface area contributed by atoms with Crippen LogP contribution in [0.2, 0.25) is 0 Å². The maximum absolute atomic E-state index is 8.42. The van der Waals surface area contributed by atoms with Crippen LogP contribution in [0.4, 0.5) is 0 Å². The molecule has 12 heavy (non-hydrogen) atoms. The zero-order valence-corrected chi connectivity index (χ0v) is 6.90. The number of nitrogens with two attached hydrogens (primary N) is 2. The molecule has 0 rings (SSSR count). The van der Waals surface area contributed by atoms with Gasteiger partial charge in [0.15, 0.2) is 0 Å². The topological polar surface area (TPSA) is 111 Å². The van der Waals surface area contributed by atoms with Crippen molar-refractivity contribution in [2.45, 2.75) is 5.91 Å². The molecule has 0 radical (unpaired) electrons. The lowest BCUT2D eigenvalue weighted by Gasteiger charge is -2.27. The monoisotopic (exact) mass is 180 g/mol. The van der Waals surface area contributed by atoms with Crippen molar-refractivity contribution in [3.8, 4) is 0 Å². The Morgan fingerprint density at radius 3 is 1.75 bits per heavy atom. The molecule has 0 aliphatic rings. The minimum absolute atomic E-state index is 0.0347. The number of ether oxygens (including phenoxy) is 2. The largest absolute Gasteiger partial charge is 0.394 e. The Morgan fingerprint density at radius 1 is 1.08 bits per heavy atom. The van der Waals surface area contributed by atoms with Gasteiger partial charge in [0, 0.05) is 0 Å². The summed E-state index contributed by atoms with van der Waals surface area (Å²) < 4.78 is 9.80. The summed E-state index contributed by atoms with van der Waals surface area (Å²) in [5, 5.41) is 16.8. The minimum Gasteiger partial charge on any atom is -0.394 e. The number of aliphatic hydroxyl groups is 2. The molecule has 0 aromatic carbocycles. The van der Waals surface area contributed by atoms with Crippen LogP contribution in [0.25, 0.3) is 0 Å². The highest BCUT2D eigenvalue weighted by molar-refractivity contribution is 4.61. The molecule has 6 nitrogen and oxygen atoms in total. The second kappa shape index (κ2) is 6.30. The third-order valence-corrected chi connectivity index (χ3v) is 1.16. The van der Waals surface area contributed by atoms with E-state index in [9.17, 15) is 0 Å². The SMILES string of the molecule is NCC(N)(OCCO)OCCO. The van der Waals surface area contributed by atoms with E-state index in [0.29, 0.717) is 0 Å². The van der Waals surface area contributed by atoms with Gasteiger partial charge in [0.1, 0.15) is 0 Å². The highest BCUT2D eigenvalue weighted by Gasteiger charge is 2.24. The molecule has 0 spiro atoms. The van der Waals surface area contributed by atoms with E-state index < -0.39 is 5.91 Å². The summed E-state index contributed by atoms with van der Waals surface area (Å²) in [6.45, 7) is -0.228.